The predicted octanol–water partition coefficient (Wildman–Crippen LogP) is 1.24. The number of rotatable bonds is 9. The summed E-state index contributed by atoms with van der Waals surface area (Å²) in [5, 5.41) is 8.60. The number of carbonyl (C=O) groups is 2. The molecule has 0 saturated heterocycles. The number of allylic oxidation sites excluding steroid dienone is 1. The van der Waals surface area contributed by atoms with Crippen LogP contribution in [0.5, 0.6) is 0 Å². The summed E-state index contributed by atoms with van der Waals surface area (Å²) in [5.41, 5.74) is 2.53. The van der Waals surface area contributed by atoms with E-state index in [4.69, 9.17) is 0 Å². The number of nitrogens with zero attached hydrogens (tertiary/aromatic N) is 1. The fourth-order valence-electron chi connectivity index (χ4n) is 2.22. The second-order valence-corrected chi connectivity index (χ2v) is 5.46. The van der Waals surface area contributed by atoms with Crippen molar-refractivity contribution in [3.05, 3.63) is 72.6 Å². The molecule has 138 valence electrons. The predicted molar refractivity (Wildman–Crippen MR) is 104 cm³/mol. The van der Waals surface area contributed by atoms with Gasteiger partial charge in [-0.3, -0.25) is 9.59 Å². The quantitative estimate of drug-likeness (QED) is 0.270. The first kappa shape index (κ1) is 20.9. The number of aromatic nitrogens is 1. The van der Waals surface area contributed by atoms with Crippen LogP contribution in [-0.4, -0.2) is 32.0 Å². The number of nitrogens with one attached hydrogen (secondary N) is 3. The number of amides is 2. The second-order valence-electron chi connectivity index (χ2n) is 5.46. The lowest BCUT2D eigenvalue weighted by atomic mass is 10.1. The summed E-state index contributed by atoms with van der Waals surface area (Å²) >= 11 is 0. The Morgan fingerprint density at radius 2 is 1.85 bits per heavy atom. The molecule has 0 unspecified atom stereocenters. The molecule has 1 aromatic heterocycles. The molecule has 0 bridgehead atoms. The van der Waals surface area contributed by atoms with Crippen molar-refractivity contribution in [1.29, 1.82) is 0 Å². The van der Waals surface area contributed by atoms with Crippen molar-refractivity contribution in [2.75, 3.05) is 20.1 Å². The van der Waals surface area contributed by atoms with Gasteiger partial charge in [0.2, 0.25) is 5.69 Å². The van der Waals surface area contributed by atoms with Gasteiger partial charge in [0.05, 0.1) is 5.56 Å². The van der Waals surface area contributed by atoms with E-state index < -0.39 is 0 Å². The molecule has 0 radical (unpaired) electrons. The van der Waals surface area contributed by atoms with E-state index in [1.807, 2.05) is 11.6 Å². The lowest BCUT2D eigenvalue weighted by Crippen LogP contribution is -2.36. The van der Waals surface area contributed by atoms with Gasteiger partial charge in [-0.2, -0.15) is 4.57 Å². The van der Waals surface area contributed by atoms with Crippen molar-refractivity contribution >= 4 is 17.5 Å². The minimum Gasteiger partial charge on any atom is -0.383 e. The van der Waals surface area contributed by atoms with Crippen LogP contribution in [0.4, 0.5) is 0 Å². The topological polar surface area (TPSA) is 74.1 Å². The molecule has 0 aliphatic carbocycles. The highest BCUT2D eigenvalue weighted by atomic mass is 16.2. The Bertz CT molecular complexity index is 748. The summed E-state index contributed by atoms with van der Waals surface area (Å²) in [4.78, 5) is 24.4. The molecule has 2 amide bonds. The van der Waals surface area contributed by atoms with E-state index in [1.54, 1.807) is 56.6 Å². The van der Waals surface area contributed by atoms with Crippen LogP contribution < -0.4 is 20.5 Å². The standard InChI is InChI=1S/C20H26N4O2/c1-6-10-22-19(25)15(8-3)13-17(21-4)18-14-16(9-12-24(18)5)20(26)23-11-7-2/h6-9,12-14,21H,1-2,10-11H2,3-5H3,(H-,22,23,25,26)/p+1. The molecule has 26 heavy (non-hydrogen) atoms. The van der Waals surface area contributed by atoms with Gasteiger partial charge in [-0.1, -0.05) is 18.2 Å². The summed E-state index contributed by atoms with van der Waals surface area (Å²) in [6, 6.07) is 3.51. The number of hydrogen-bond donors (Lipinski definition) is 3. The van der Waals surface area contributed by atoms with Gasteiger partial charge in [-0.15, -0.1) is 13.2 Å². The van der Waals surface area contributed by atoms with Crippen LogP contribution in [0, 0.1) is 0 Å². The van der Waals surface area contributed by atoms with Crippen LogP contribution in [0.25, 0.3) is 5.70 Å². The van der Waals surface area contributed by atoms with Crippen LogP contribution >= 0.6 is 0 Å². The maximum absolute atomic E-state index is 12.2. The molecular weight excluding hydrogens is 328 g/mol. The first-order chi connectivity index (χ1) is 12.5. The minimum atomic E-state index is -0.192. The summed E-state index contributed by atoms with van der Waals surface area (Å²) < 4.78 is 1.88. The molecule has 0 aromatic carbocycles. The molecule has 1 heterocycles. The Kier molecular flexibility index (Phi) is 8.57. The van der Waals surface area contributed by atoms with Gasteiger partial charge in [0, 0.05) is 37.8 Å². The van der Waals surface area contributed by atoms with E-state index in [1.165, 1.54) is 0 Å². The zero-order valence-corrected chi connectivity index (χ0v) is 15.6. The van der Waals surface area contributed by atoms with Crippen LogP contribution in [-0.2, 0) is 11.8 Å². The molecule has 6 nitrogen and oxygen atoms in total. The molecule has 0 aliphatic heterocycles. The number of pyridine rings is 1. The Morgan fingerprint density at radius 1 is 1.19 bits per heavy atom. The first-order valence-corrected chi connectivity index (χ1v) is 8.32. The lowest BCUT2D eigenvalue weighted by molar-refractivity contribution is -0.674. The van der Waals surface area contributed by atoms with E-state index in [-0.39, 0.29) is 11.8 Å². The van der Waals surface area contributed by atoms with Crippen LogP contribution in [0.1, 0.15) is 23.0 Å². The van der Waals surface area contributed by atoms with Gasteiger partial charge < -0.3 is 16.0 Å². The largest absolute Gasteiger partial charge is 0.383 e. The number of hydrogen-bond acceptors (Lipinski definition) is 3. The molecule has 0 fully saturated rings. The molecule has 0 saturated carbocycles. The molecular formula is C20H27N4O2+. The van der Waals surface area contributed by atoms with E-state index in [9.17, 15) is 9.59 Å². The normalized spacial score (nSPS) is 11.5. The van der Waals surface area contributed by atoms with Gasteiger partial charge in [-0.05, 0) is 13.0 Å². The number of aryl methyl sites for hydroxylation is 1. The van der Waals surface area contributed by atoms with Crippen molar-refractivity contribution in [3.63, 3.8) is 0 Å². The second kappa shape index (κ2) is 10.7. The molecule has 0 aliphatic rings. The monoisotopic (exact) mass is 355 g/mol. The Labute approximate surface area is 155 Å². The van der Waals surface area contributed by atoms with E-state index in [0.29, 0.717) is 29.9 Å². The third kappa shape index (κ3) is 5.73. The van der Waals surface area contributed by atoms with Crippen molar-refractivity contribution < 1.29 is 14.2 Å². The molecule has 0 spiro atoms. The minimum absolute atomic E-state index is 0.183. The van der Waals surface area contributed by atoms with Crippen LogP contribution in [0.2, 0.25) is 0 Å². The summed E-state index contributed by atoms with van der Waals surface area (Å²) in [6.45, 7) is 9.77. The molecule has 3 N–H and O–H groups in total. The summed E-state index contributed by atoms with van der Waals surface area (Å²) in [6.07, 6.45) is 8.53. The summed E-state index contributed by atoms with van der Waals surface area (Å²) in [7, 11) is 3.64. The SMILES string of the molecule is C=CCNC(=O)C(=CC)C=C(NC)c1cc(C(=O)NCC=C)cc[n+]1C. The maximum atomic E-state index is 12.2. The first-order valence-electron chi connectivity index (χ1n) is 8.32. The van der Waals surface area contributed by atoms with E-state index >= 15 is 0 Å². The zero-order chi connectivity index (χ0) is 19.5. The fraction of sp³-hybridized carbons (Fsp3) is 0.250. The third-order valence-corrected chi connectivity index (χ3v) is 3.64. The highest BCUT2D eigenvalue weighted by Crippen LogP contribution is 2.12. The Hall–Kier alpha value is -3.15. The van der Waals surface area contributed by atoms with Crippen LogP contribution in [0.3, 0.4) is 0 Å². The number of carbonyl (C=O) groups excluding carboxylic acids is 2. The Morgan fingerprint density at radius 3 is 2.42 bits per heavy atom. The fourth-order valence-corrected chi connectivity index (χ4v) is 2.22. The molecule has 1 rings (SSSR count). The highest BCUT2D eigenvalue weighted by Gasteiger charge is 2.17. The maximum Gasteiger partial charge on any atom is 0.252 e. The van der Waals surface area contributed by atoms with Crippen molar-refractivity contribution in [1.82, 2.24) is 16.0 Å². The van der Waals surface area contributed by atoms with E-state index in [0.717, 1.165) is 5.69 Å². The molecule has 1 aromatic rings. The van der Waals surface area contributed by atoms with E-state index in [2.05, 4.69) is 29.1 Å². The van der Waals surface area contributed by atoms with Crippen molar-refractivity contribution in [2.24, 2.45) is 7.05 Å². The van der Waals surface area contributed by atoms with Gasteiger partial charge in [0.15, 0.2) is 6.20 Å². The van der Waals surface area contributed by atoms with Gasteiger partial charge in [0.1, 0.15) is 12.7 Å². The van der Waals surface area contributed by atoms with Gasteiger partial charge >= 0.3 is 0 Å². The summed E-state index contributed by atoms with van der Waals surface area (Å²) in [5.74, 6) is -0.375. The average Bonchev–Trinajstić information content (AvgIpc) is 2.65. The van der Waals surface area contributed by atoms with Gasteiger partial charge in [-0.25, -0.2) is 0 Å². The average molecular weight is 355 g/mol. The van der Waals surface area contributed by atoms with Gasteiger partial charge in [0.25, 0.3) is 11.8 Å². The Balaban J connectivity index is 3.22. The smallest absolute Gasteiger partial charge is 0.252 e. The zero-order valence-electron chi connectivity index (χ0n) is 15.6. The van der Waals surface area contributed by atoms with Crippen LogP contribution in [0.15, 0.2) is 61.4 Å². The highest BCUT2D eigenvalue weighted by molar-refractivity contribution is 5.98. The van der Waals surface area contributed by atoms with Crippen molar-refractivity contribution in [3.8, 4) is 0 Å². The molecule has 0 atom stereocenters. The lowest BCUT2D eigenvalue weighted by Gasteiger charge is -2.09. The van der Waals surface area contributed by atoms with Crippen molar-refractivity contribution in [2.45, 2.75) is 6.92 Å². The molecule has 6 heteroatoms. The third-order valence-electron chi connectivity index (χ3n) is 3.64.